The van der Waals surface area contributed by atoms with Gasteiger partial charge in [0.2, 0.25) is 6.10 Å². The number of halogens is 1. The molecule has 1 amide bonds. The van der Waals surface area contributed by atoms with E-state index in [1.54, 1.807) is 12.1 Å². The van der Waals surface area contributed by atoms with Crippen molar-refractivity contribution in [2.75, 3.05) is 19.8 Å². The van der Waals surface area contributed by atoms with Crippen LogP contribution in [0.1, 0.15) is 24.2 Å². The van der Waals surface area contributed by atoms with Gasteiger partial charge in [-0.05, 0) is 56.3 Å². The average molecular weight is 391 g/mol. The van der Waals surface area contributed by atoms with Crippen LogP contribution in [0.25, 0.3) is 0 Å². The fraction of sp³-hybridized carbons (Fsp3) is 0.300. The maximum absolute atomic E-state index is 12.9. The normalized spacial score (nSPS) is 11.4. The van der Waals surface area contributed by atoms with Gasteiger partial charge in [0.25, 0.3) is 5.91 Å². The van der Waals surface area contributed by atoms with E-state index in [1.807, 2.05) is 13.8 Å². The summed E-state index contributed by atoms with van der Waals surface area (Å²) in [5.74, 6) is -1.08. The maximum Gasteiger partial charge on any atom is 0.346 e. The molecule has 150 valence electrons. The van der Waals surface area contributed by atoms with Crippen molar-refractivity contribution in [3.63, 3.8) is 0 Å². The Labute approximate surface area is 162 Å². The Balaban J connectivity index is 2.04. The first-order valence-corrected chi connectivity index (χ1v) is 8.77. The molecule has 0 aliphatic rings. The molecule has 0 radical (unpaired) electrons. The number of carboxylic acid groups (broad SMARTS) is 1. The lowest BCUT2D eigenvalue weighted by Crippen LogP contribution is -2.40. The minimum atomic E-state index is -1.33. The molecule has 7 nitrogen and oxygen atoms in total. The van der Waals surface area contributed by atoms with Gasteiger partial charge >= 0.3 is 5.97 Å². The highest BCUT2D eigenvalue weighted by molar-refractivity contribution is 5.95. The molecule has 0 fully saturated rings. The summed E-state index contributed by atoms with van der Waals surface area (Å²) < 4.78 is 29.2. The highest BCUT2D eigenvalue weighted by Crippen LogP contribution is 2.28. The van der Waals surface area contributed by atoms with Crippen LogP contribution in [0.2, 0.25) is 0 Å². The minimum absolute atomic E-state index is 0.183. The summed E-state index contributed by atoms with van der Waals surface area (Å²) >= 11 is 0. The van der Waals surface area contributed by atoms with Crippen LogP contribution in [-0.2, 0) is 4.79 Å². The van der Waals surface area contributed by atoms with E-state index in [-0.39, 0.29) is 17.9 Å². The van der Waals surface area contributed by atoms with E-state index in [0.717, 1.165) is 12.1 Å². The van der Waals surface area contributed by atoms with Crippen LogP contribution in [-0.4, -0.2) is 42.8 Å². The Bertz CT molecular complexity index is 809. The summed E-state index contributed by atoms with van der Waals surface area (Å²) in [5.41, 5.74) is 0.290. The fourth-order valence-corrected chi connectivity index (χ4v) is 2.34. The van der Waals surface area contributed by atoms with Crippen LogP contribution < -0.4 is 19.5 Å². The van der Waals surface area contributed by atoms with Crippen LogP contribution in [0, 0.1) is 5.82 Å². The lowest BCUT2D eigenvalue weighted by molar-refractivity contribution is -0.144. The Morgan fingerprint density at radius 1 is 1.04 bits per heavy atom. The highest BCUT2D eigenvalue weighted by atomic mass is 19.1. The van der Waals surface area contributed by atoms with Crippen LogP contribution in [0.3, 0.4) is 0 Å². The van der Waals surface area contributed by atoms with Gasteiger partial charge in [0, 0.05) is 5.56 Å². The smallest absolute Gasteiger partial charge is 0.346 e. The quantitative estimate of drug-likeness (QED) is 0.647. The van der Waals surface area contributed by atoms with Crippen molar-refractivity contribution < 1.29 is 33.3 Å². The predicted octanol–water partition coefficient (Wildman–Crippen LogP) is 2.89. The Morgan fingerprint density at radius 3 is 2.29 bits per heavy atom. The lowest BCUT2D eigenvalue weighted by atomic mass is 10.2. The van der Waals surface area contributed by atoms with Crippen molar-refractivity contribution in [1.29, 1.82) is 0 Å². The topological polar surface area (TPSA) is 94.1 Å². The Morgan fingerprint density at radius 2 is 1.68 bits per heavy atom. The summed E-state index contributed by atoms with van der Waals surface area (Å²) in [6.45, 7) is 4.23. The third-order valence-corrected chi connectivity index (χ3v) is 3.62. The van der Waals surface area contributed by atoms with Gasteiger partial charge in [-0.15, -0.1) is 0 Å². The first-order valence-electron chi connectivity index (χ1n) is 8.77. The number of aliphatic carboxylic acids is 1. The number of hydrogen-bond donors (Lipinski definition) is 2. The molecule has 0 saturated heterocycles. The third kappa shape index (κ3) is 5.87. The number of carboxylic acids is 1. The van der Waals surface area contributed by atoms with Gasteiger partial charge in [0.05, 0.1) is 19.8 Å². The van der Waals surface area contributed by atoms with Crippen molar-refractivity contribution in [3.05, 3.63) is 53.8 Å². The predicted molar refractivity (Wildman–Crippen MR) is 99.6 cm³/mol. The van der Waals surface area contributed by atoms with Crippen molar-refractivity contribution in [2.24, 2.45) is 0 Å². The molecule has 28 heavy (non-hydrogen) atoms. The molecule has 2 aromatic carbocycles. The molecule has 1 unspecified atom stereocenters. The molecular weight excluding hydrogens is 369 g/mol. The molecule has 2 aromatic rings. The SMILES string of the molecule is CCOc1ccc(C(=O)NCC(Oc2ccc(F)cc2)C(=O)O)cc1OCC. The molecule has 1 atom stereocenters. The molecule has 0 aliphatic heterocycles. The number of carbonyl (C=O) groups excluding carboxylic acids is 1. The molecule has 8 heteroatoms. The number of ether oxygens (including phenoxy) is 3. The van der Waals surface area contributed by atoms with Crippen molar-refractivity contribution in [1.82, 2.24) is 5.32 Å². The van der Waals surface area contributed by atoms with Crippen molar-refractivity contribution >= 4 is 11.9 Å². The minimum Gasteiger partial charge on any atom is -0.490 e. The Hall–Kier alpha value is -3.29. The van der Waals surface area contributed by atoms with Gasteiger partial charge in [0.15, 0.2) is 11.5 Å². The zero-order valence-corrected chi connectivity index (χ0v) is 15.6. The molecule has 0 spiro atoms. The maximum atomic E-state index is 12.9. The number of benzene rings is 2. The molecule has 0 saturated carbocycles. The second kappa shape index (κ2) is 10.1. The van der Waals surface area contributed by atoms with Crippen LogP contribution in [0.15, 0.2) is 42.5 Å². The first kappa shape index (κ1) is 21.0. The third-order valence-electron chi connectivity index (χ3n) is 3.62. The number of rotatable bonds is 10. The van der Waals surface area contributed by atoms with Crippen LogP contribution in [0.4, 0.5) is 4.39 Å². The molecular formula is C20H22FNO6. The zero-order chi connectivity index (χ0) is 20.5. The van der Waals surface area contributed by atoms with Gasteiger partial charge in [0.1, 0.15) is 11.6 Å². The van der Waals surface area contributed by atoms with Gasteiger partial charge in [-0.1, -0.05) is 0 Å². The molecule has 0 aliphatic carbocycles. The number of hydrogen-bond acceptors (Lipinski definition) is 5. The second-order valence-corrected chi connectivity index (χ2v) is 5.64. The van der Waals surface area contributed by atoms with E-state index in [1.165, 1.54) is 18.2 Å². The highest BCUT2D eigenvalue weighted by Gasteiger charge is 2.21. The van der Waals surface area contributed by atoms with Gasteiger partial charge in [-0.2, -0.15) is 0 Å². The first-order chi connectivity index (χ1) is 13.4. The Kier molecular flexibility index (Phi) is 7.62. The van der Waals surface area contributed by atoms with Gasteiger partial charge < -0.3 is 24.6 Å². The zero-order valence-electron chi connectivity index (χ0n) is 15.6. The molecule has 2 N–H and O–H groups in total. The van der Waals surface area contributed by atoms with Crippen molar-refractivity contribution in [2.45, 2.75) is 20.0 Å². The lowest BCUT2D eigenvalue weighted by Gasteiger charge is -2.16. The van der Waals surface area contributed by atoms with E-state index in [0.29, 0.717) is 24.7 Å². The molecule has 0 heterocycles. The monoisotopic (exact) mass is 391 g/mol. The van der Waals surface area contributed by atoms with E-state index in [4.69, 9.17) is 14.2 Å². The van der Waals surface area contributed by atoms with Gasteiger partial charge in [-0.25, -0.2) is 9.18 Å². The molecule has 0 aromatic heterocycles. The molecule has 2 rings (SSSR count). The fourth-order valence-electron chi connectivity index (χ4n) is 2.34. The van der Waals surface area contributed by atoms with E-state index >= 15 is 0 Å². The number of amides is 1. The second-order valence-electron chi connectivity index (χ2n) is 5.64. The van der Waals surface area contributed by atoms with Crippen molar-refractivity contribution in [3.8, 4) is 17.2 Å². The summed E-state index contributed by atoms with van der Waals surface area (Å²) in [5, 5.41) is 11.8. The summed E-state index contributed by atoms with van der Waals surface area (Å²) in [7, 11) is 0. The number of carbonyl (C=O) groups is 2. The summed E-state index contributed by atoms with van der Waals surface area (Å²) in [6, 6.07) is 9.64. The van der Waals surface area contributed by atoms with E-state index in [9.17, 15) is 19.1 Å². The van der Waals surface area contributed by atoms with Gasteiger partial charge in [-0.3, -0.25) is 4.79 Å². The largest absolute Gasteiger partial charge is 0.490 e. The van der Waals surface area contributed by atoms with Crippen LogP contribution in [0.5, 0.6) is 17.2 Å². The standard InChI is InChI=1S/C20H22FNO6/c1-3-26-16-10-5-13(11-17(16)27-4-2)19(23)22-12-18(20(24)25)28-15-8-6-14(21)7-9-15/h5-11,18H,3-4,12H2,1-2H3,(H,22,23)(H,24,25). The average Bonchev–Trinajstić information content (AvgIpc) is 2.67. The number of nitrogens with one attached hydrogen (secondary N) is 1. The van der Waals surface area contributed by atoms with Crippen LogP contribution >= 0.6 is 0 Å². The summed E-state index contributed by atoms with van der Waals surface area (Å²) in [4.78, 5) is 23.8. The van der Waals surface area contributed by atoms with E-state index < -0.39 is 23.8 Å². The van der Waals surface area contributed by atoms with E-state index in [2.05, 4.69) is 5.32 Å². The summed E-state index contributed by atoms with van der Waals surface area (Å²) in [6.07, 6.45) is -1.33. The molecule has 0 bridgehead atoms.